The summed E-state index contributed by atoms with van der Waals surface area (Å²) in [6.07, 6.45) is 1.58. The summed E-state index contributed by atoms with van der Waals surface area (Å²) in [4.78, 5) is 15.7. The van der Waals surface area contributed by atoms with Crippen LogP contribution in [0.2, 0.25) is 0 Å². The Hall–Kier alpha value is -2.76. The molecular formula is C15H15NO5. The largest absolute Gasteiger partial charge is 0.505 e. The van der Waals surface area contributed by atoms with Gasteiger partial charge in [-0.05, 0) is 30.7 Å². The van der Waals surface area contributed by atoms with Gasteiger partial charge in [0.15, 0.2) is 17.3 Å². The molecule has 0 radical (unpaired) electrons. The lowest BCUT2D eigenvalue weighted by atomic mass is 10.1. The van der Waals surface area contributed by atoms with Gasteiger partial charge in [0.2, 0.25) is 0 Å². The Kier molecular flexibility index (Phi) is 3.98. The first-order valence-corrected chi connectivity index (χ1v) is 6.14. The molecule has 0 saturated heterocycles. The number of aliphatic hydroxyl groups excluding tert-OH is 1. The van der Waals surface area contributed by atoms with Gasteiger partial charge in [0.05, 0.1) is 19.9 Å². The summed E-state index contributed by atoms with van der Waals surface area (Å²) in [7, 11) is 2.68. The van der Waals surface area contributed by atoms with Crippen LogP contribution in [0.3, 0.4) is 0 Å². The van der Waals surface area contributed by atoms with Gasteiger partial charge in [-0.15, -0.1) is 0 Å². The zero-order valence-corrected chi connectivity index (χ0v) is 11.9. The molecule has 0 spiro atoms. The number of methoxy groups -OCH3 is 2. The van der Waals surface area contributed by atoms with Crippen LogP contribution in [0, 0.1) is 0 Å². The van der Waals surface area contributed by atoms with Gasteiger partial charge in [-0.25, -0.2) is 9.79 Å². The van der Waals surface area contributed by atoms with Crippen LogP contribution < -0.4 is 4.74 Å². The first kappa shape index (κ1) is 14.6. The summed E-state index contributed by atoms with van der Waals surface area (Å²) >= 11 is 0. The number of rotatable bonds is 3. The highest BCUT2D eigenvalue weighted by Gasteiger charge is 2.27. The van der Waals surface area contributed by atoms with Crippen molar-refractivity contribution in [3.05, 3.63) is 40.8 Å². The first-order chi connectivity index (χ1) is 9.97. The minimum Gasteiger partial charge on any atom is -0.505 e. The maximum absolute atomic E-state index is 11.6. The Labute approximate surface area is 121 Å². The van der Waals surface area contributed by atoms with Gasteiger partial charge in [0.1, 0.15) is 11.3 Å². The molecule has 0 fully saturated rings. The Morgan fingerprint density at radius 1 is 1.29 bits per heavy atom. The smallest absolute Gasteiger partial charge is 0.343 e. The standard InChI is InChI=1S/C15H15NO5/c1-8-13(15(19)21-3)14(18)10(16-8)6-9-4-5-11(17)12(7-9)20-2/h4-7,17-18H,1-3H3/b10-6-. The zero-order chi connectivity index (χ0) is 15.6. The van der Waals surface area contributed by atoms with Crippen molar-refractivity contribution >= 4 is 17.8 Å². The maximum Gasteiger partial charge on any atom is 0.343 e. The summed E-state index contributed by atoms with van der Waals surface area (Å²) in [5.74, 6) is -0.549. The molecule has 2 N–H and O–H groups in total. The predicted molar refractivity (Wildman–Crippen MR) is 77.4 cm³/mol. The quantitative estimate of drug-likeness (QED) is 0.833. The number of aliphatic imine (C=N–C) groups is 1. The molecule has 1 aliphatic rings. The molecule has 0 aliphatic carbocycles. The SMILES string of the molecule is COC(=O)C1=C(O)/C(=C/c2ccc(O)c(OC)c2)N=C1C. The van der Waals surface area contributed by atoms with Gasteiger partial charge in [0.25, 0.3) is 0 Å². The van der Waals surface area contributed by atoms with Crippen LogP contribution in [-0.4, -0.2) is 36.1 Å². The molecule has 2 rings (SSSR count). The van der Waals surface area contributed by atoms with E-state index in [-0.39, 0.29) is 22.8 Å². The summed E-state index contributed by atoms with van der Waals surface area (Å²) in [6, 6.07) is 4.70. The maximum atomic E-state index is 11.6. The van der Waals surface area contributed by atoms with Crippen molar-refractivity contribution in [1.82, 2.24) is 0 Å². The minimum atomic E-state index is -0.638. The van der Waals surface area contributed by atoms with Crippen molar-refractivity contribution in [2.45, 2.75) is 6.92 Å². The summed E-state index contributed by atoms with van der Waals surface area (Å²) in [5, 5.41) is 19.6. The van der Waals surface area contributed by atoms with Crippen molar-refractivity contribution in [3.63, 3.8) is 0 Å². The Morgan fingerprint density at radius 2 is 2.00 bits per heavy atom. The van der Waals surface area contributed by atoms with Gasteiger partial charge in [-0.2, -0.15) is 0 Å². The topological polar surface area (TPSA) is 88.4 Å². The van der Waals surface area contributed by atoms with Crippen LogP contribution in [-0.2, 0) is 9.53 Å². The monoisotopic (exact) mass is 289 g/mol. The second-order valence-electron chi connectivity index (χ2n) is 4.37. The Morgan fingerprint density at radius 3 is 2.62 bits per heavy atom. The van der Waals surface area contributed by atoms with E-state index in [1.807, 2.05) is 0 Å². The van der Waals surface area contributed by atoms with Gasteiger partial charge >= 0.3 is 5.97 Å². The number of nitrogens with zero attached hydrogens (tertiary/aromatic N) is 1. The van der Waals surface area contributed by atoms with E-state index in [9.17, 15) is 15.0 Å². The molecule has 110 valence electrons. The van der Waals surface area contributed by atoms with Crippen LogP contribution in [0.4, 0.5) is 0 Å². The molecule has 1 heterocycles. The lowest BCUT2D eigenvalue weighted by Gasteiger charge is -2.04. The summed E-state index contributed by atoms with van der Waals surface area (Å²) in [6.45, 7) is 1.61. The van der Waals surface area contributed by atoms with E-state index in [2.05, 4.69) is 9.73 Å². The average molecular weight is 289 g/mol. The van der Waals surface area contributed by atoms with Crippen LogP contribution in [0.25, 0.3) is 6.08 Å². The molecule has 1 aromatic rings. The van der Waals surface area contributed by atoms with Gasteiger partial charge in [-0.1, -0.05) is 6.07 Å². The fourth-order valence-corrected chi connectivity index (χ4v) is 1.98. The number of ether oxygens (including phenoxy) is 2. The fourth-order valence-electron chi connectivity index (χ4n) is 1.98. The lowest BCUT2D eigenvalue weighted by Crippen LogP contribution is -2.11. The second kappa shape index (κ2) is 5.70. The van der Waals surface area contributed by atoms with Crippen molar-refractivity contribution in [2.24, 2.45) is 4.99 Å². The Bertz CT molecular complexity index is 685. The number of benzene rings is 1. The Balaban J connectivity index is 2.44. The number of carbonyl (C=O) groups is 1. The zero-order valence-electron chi connectivity index (χ0n) is 11.9. The van der Waals surface area contributed by atoms with Crippen LogP contribution in [0.1, 0.15) is 12.5 Å². The molecule has 6 nitrogen and oxygen atoms in total. The number of hydrogen-bond acceptors (Lipinski definition) is 6. The molecule has 0 bridgehead atoms. The summed E-state index contributed by atoms with van der Waals surface area (Å²) in [5.41, 5.74) is 1.35. The molecule has 0 saturated carbocycles. The average Bonchev–Trinajstić information content (AvgIpc) is 2.74. The highest BCUT2D eigenvalue weighted by atomic mass is 16.5. The van der Waals surface area contributed by atoms with E-state index >= 15 is 0 Å². The molecular weight excluding hydrogens is 274 g/mol. The van der Waals surface area contributed by atoms with E-state index in [0.717, 1.165) is 0 Å². The molecule has 1 aromatic carbocycles. The van der Waals surface area contributed by atoms with Crippen molar-refractivity contribution < 1.29 is 24.5 Å². The van der Waals surface area contributed by atoms with E-state index in [1.54, 1.807) is 25.1 Å². The van der Waals surface area contributed by atoms with Crippen LogP contribution >= 0.6 is 0 Å². The molecule has 0 unspecified atom stereocenters. The van der Waals surface area contributed by atoms with Gasteiger partial charge in [-0.3, -0.25) is 0 Å². The molecule has 0 atom stereocenters. The third-order valence-electron chi connectivity index (χ3n) is 3.03. The van der Waals surface area contributed by atoms with E-state index in [0.29, 0.717) is 17.0 Å². The fraction of sp³-hybridized carbons (Fsp3) is 0.200. The van der Waals surface area contributed by atoms with Crippen molar-refractivity contribution in [2.75, 3.05) is 14.2 Å². The third-order valence-corrected chi connectivity index (χ3v) is 3.03. The number of aliphatic hydroxyl groups is 1. The van der Waals surface area contributed by atoms with Crippen molar-refractivity contribution in [1.29, 1.82) is 0 Å². The number of phenolic OH excluding ortho intramolecular Hbond substituents is 1. The molecule has 6 heteroatoms. The minimum absolute atomic E-state index is 0.0146. The molecule has 21 heavy (non-hydrogen) atoms. The van der Waals surface area contributed by atoms with Gasteiger partial charge < -0.3 is 19.7 Å². The van der Waals surface area contributed by atoms with E-state index < -0.39 is 5.97 Å². The number of esters is 1. The number of carbonyl (C=O) groups excluding carboxylic acids is 1. The first-order valence-electron chi connectivity index (χ1n) is 6.14. The third kappa shape index (κ3) is 2.74. The predicted octanol–water partition coefficient (Wildman–Crippen LogP) is 2.20. The molecule has 0 amide bonds. The number of aromatic hydroxyl groups is 1. The lowest BCUT2D eigenvalue weighted by molar-refractivity contribution is -0.135. The number of phenols is 1. The van der Waals surface area contributed by atoms with Crippen molar-refractivity contribution in [3.8, 4) is 11.5 Å². The molecule has 1 aliphatic heterocycles. The van der Waals surface area contributed by atoms with Crippen LogP contribution in [0.15, 0.2) is 40.2 Å². The van der Waals surface area contributed by atoms with Crippen LogP contribution in [0.5, 0.6) is 11.5 Å². The second-order valence-corrected chi connectivity index (χ2v) is 4.37. The van der Waals surface area contributed by atoms with Gasteiger partial charge in [0, 0.05) is 0 Å². The normalized spacial score (nSPS) is 16.1. The molecule has 0 aromatic heterocycles. The number of hydrogen-bond donors (Lipinski definition) is 2. The van der Waals surface area contributed by atoms with E-state index in [4.69, 9.17) is 4.74 Å². The highest BCUT2D eigenvalue weighted by molar-refractivity contribution is 6.21. The van der Waals surface area contributed by atoms with E-state index in [1.165, 1.54) is 20.3 Å². The highest BCUT2D eigenvalue weighted by Crippen LogP contribution is 2.30. The summed E-state index contributed by atoms with van der Waals surface area (Å²) < 4.78 is 9.62.